The molecule has 0 aliphatic carbocycles. The van der Waals surface area contributed by atoms with Crippen molar-refractivity contribution in [3.05, 3.63) is 332 Å². The summed E-state index contributed by atoms with van der Waals surface area (Å²) in [5.41, 5.74) is 4.43. The number of anilines is 6. The average Bonchev–Trinajstić information content (AvgIpc) is 1.48. The quantitative estimate of drug-likeness (QED) is 0.128. The maximum atomic E-state index is 12.0. The second-order valence-corrected chi connectivity index (χ2v) is 29.2. The van der Waals surface area contributed by atoms with E-state index in [4.69, 9.17) is 7.48 Å². The van der Waals surface area contributed by atoms with Crippen molar-refractivity contribution in [3.8, 4) is 67.4 Å². The first-order valence-electron chi connectivity index (χ1n) is 44.7. The predicted octanol–water partition coefficient (Wildman–Crippen LogP) is 24.3. The van der Waals surface area contributed by atoms with Crippen LogP contribution in [0.4, 0.5) is 34.1 Å². The van der Waals surface area contributed by atoms with Crippen LogP contribution in [0.15, 0.2) is 315 Å². The molecule has 0 bridgehead atoms. The summed E-state index contributed by atoms with van der Waals surface area (Å²) in [6.07, 6.45) is 0. The first-order chi connectivity index (χ1) is 58.3. The minimum atomic E-state index is -1.62. The van der Waals surface area contributed by atoms with E-state index < -0.39 is 183 Å². The Bertz CT molecular complexity index is 6990. The van der Waals surface area contributed by atoms with E-state index in [9.17, 15) is 26.0 Å². The van der Waals surface area contributed by atoms with Crippen molar-refractivity contribution in [1.82, 2.24) is 9.13 Å². The molecular weight excluding hydrogens is 1240 g/mol. The number of hydrogen-bond acceptors (Lipinski definition) is 3. The molecule has 0 fully saturated rings. The number of benzene rings is 14. The topological polar surface area (TPSA) is 25.6 Å². The monoisotopic (exact) mass is 1340 g/mol. The summed E-state index contributed by atoms with van der Waals surface area (Å²) in [5.74, 6) is -0.257. The van der Waals surface area contributed by atoms with Gasteiger partial charge in [0.1, 0.15) is 11.5 Å². The van der Waals surface area contributed by atoms with Crippen molar-refractivity contribution in [2.45, 2.75) is 78.6 Å². The van der Waals surface area contributed by atoms with Gasteiger partial charge < -0.3 is 23.7 Å². The molecule has 0 radical (unpaired) electrons. The second-order valence-electron chi connectivity index (χ2n) is 29.2. The summed E-state index contributed by atoms with van der Waals surface area (Å²) in [7, 11) is 0. The van der Waals surface area contributed by atoms with Crippen LogP contribution in [0.25, 0.3) is 99.5 Å². The van der Waals surface area contributed by atoms with Crippen molar-refractivity contribution in [3.63, 3.8) is 0 Å². The van der Waals surface area contributed by atoms with Crippen molar-refractivity contribution >= 4 is 101 Å². The maximum absolute atomic E-state index is 12.0. The van der Waals surface area contributed by atoms with E-state index in [0.29, 0.717) is 78.3 Å². The lowest BCUT2D eigenvalue weighted by Gasteiger charge is -2.47. The zero-order chi connectivity index (χ0) is 87.6. The number of para-hydroxylation sites is 5. The van der Waals surface area contributed by atoms with Crippen LogP contribution < -0.4 is 30.9 Å². The smallest absolute Gasteiger partial charge is 0.257 e. The Morgan fingerprint density at radius 2 is 0.657 bits per heavy atom. The van der Waals surface area contributed by atoms with Crippen molar-refractivity contribution in [2.24, 2.45) is 0 Å². The summed E-state index contributed by atoms with van der Waals surface area (Å²) < 4.78 is 221. The first-order valence-corrected chi connectivity index (χ1v) is 34.2. The molecule has 0 spiro atoms. The van der Waals surface area contributed by atoms with Gasteiger partial charge in [0.25, 0.3) is 6.71 Å². The Hall–Kier alpha value is -11.9. The highest BCUT2D eigenvalue weighted by Gasteiger charge is 2.48. The Balaban J connectivity index is 1.16. The van der Waals surface area contributed by atoms with Gasteiger partial charge in [0.2, 0.25) is 0 Å². The molecule has 0 atom stereocenters. The van der Waals surface area contributed by atoms with Crippen LogP contribution in [0.5, 0.6) is 11.5 Å². The summed E-state index contributed by atoms with van der Waals surface area (Å²) in [6, 6.07) is 44.9. The molecule has 16 aromatic rings. The highest BCUT2D eigenvalue weighted by atomic mass is 16.5. The zero-order valence-electron chi connectivity index (χ0n) is 78.7. The molecule has 6 heteroatoms. The lowest BCUT2D eigenvalue weighted by atomic mass is 9.33. The molecule has 18 rings (SSSR count). The van der Waals surface area contributed by atoms with E-state index in [-0.39, 0.29) is 55.3 Å². The molecule has 0 saturated carbocycles. The minimum absolute atomic E-state index is 0.0342. The van der Waals surface area contributed by atoms with Crippen LogP contribution in [0, 0.1) is 0 Å². The molecule has 0 saturated heterocycles. The number of rotatable bonds is 10. The standard InChI is InChI=1S/C96H79BN4O/c1-94(2,3)66-53-76(62-33-15-10-16-34-62)92(77(54-66)63-35-17-11-18-36-63)100-85-59-69(98-81-47-29-25-43-72(81)73-44-26-30-48-82(73)98)51-52-80(85)97-90-86(100)57-68(96(7,8)9)58-87(90)101(93-78(64-37-19-12-20-38-64)55-67(95(4,5)6)56-79(93)65-39-21-13-22-40-65)88-60-70(61-89(91(88)97)102-71-41-23-14-24-42-71)99-83-49-31-27-45-74(83)75-46-28-32-50-84(75)99/h10-61H,1-9H3/i25D,26D,27D,28D,29D,30D,31D,32D,43D,44D,45D,46D,47D,48D,49D,50D,51D,52D,59D,60D,61D. The van der Waals surface area contributed by atoms with Crippen LogP contribution in [-0.2, 0) is 16.2 Å². The number of ether oxygens (including phenoxy) is 1. The van der Waals surface area contributed by atoms with Gasteiger partial charge in [-0.15, -0.1) is 0 Å². The third-order valence-corrected chi connectivity index (χ3v) is 19.8. The molecule has 0 amide bonds. The van der Waals surface area contributed by atoms with Gasteiger partial charge in [0.15, 0.2) is 0 Å². The van der Waals surface area contributed by atoms with E-state index >= 15 is 0 Å². The minimum Gasteiger partial charge on any atom is -0.458 e. The van der Waals surface area contributed by atoms with E-state index in [2.05, 4.69) is 65.8 Å². The largest absolute Gasteiger partial charge is 0.458 e. The Kier molecular flexibility index (Phi) is 10.2. The molecule has 2 aromatic heterocycles. The lowest BCUT2D eigenvalue weighted by Crippen LogP contribution is -2.62. The molecule has 4 heterocycles. The normalized spacial score (nSPS) is 15.8. The molecule has 0 N–H and O–H groups in total. The van der Waals surface area contributed by atoms with Crippen LogP contribution in [0.1, 0.15) is 108 Å². The summed E-state index contributed by atoms with van der Waals surface area (Å²) in [5, 5.41) is -1.36. The Morgan fingerprint density at radius 3 is 1.04 bits per heavy atom. The third kappa shape index (κ3) is 10.3. The molecule has 5 nitrogen and oxygen atoms in total. The highest BCUT2D eigenvalue weighted by molar-refractivity contribution is 7.01. The van der Waals surface area contributed by atoms with Gasteiger partial charge in [-0.2, -0.15) is 0 Å². The molecule has 492 valence electrons. The van der Waals surface area contributed by atoms with Crippen molar-refractivity contribution in [2.75, 3.05) is 9.80 Å². The van der Waals surface area contributed by atoms with Gasteiger partial charge in [-0.3, -0.25) is 0 Å². The van der Waals surface area contributed by atoms with Crippen molar-refractivity contribution in [1.29, 1.82) is 0 Å². The van der Waals surface area contributed by atoms with Gasteiger partial charge in [0, 0.05) is 78.3 Å². The van der Waals surface area contributed by atoms with E-state index in [1.54, 1.807) is 30.3 Å². The van der Waals surface area contributed by atoms with E-state index in [0.717, 1.165) is 20.3 Å². The fourth-order valence-corrected chi connectivity index (χ4v) is 14.7. The molecule has 2 aliphatic heterocycles. The van der Waals surface area contributed by atoms with Crippen LogP contribution in [0.3, 0.4) is 0 Å². The van der Waals surface area contributed by atoms with Gasteiger partial charge in [0.05, 0.1) is 67.9 Å². The van der Waals surface area contributed by atoms with Crippen molar-refractivity contribution < 1.29 is 33.5 Å². The number of fused-ring (bicyclic) bond motifs is 10. The maximum Gasteiger partial charge on any atom is 0.257 e. The predicted molar refractivity (Wildman–Crippen MR) is 434 cm³/mol. The SMILES string of the molecule is [2H]c1c([2H])c(-n2c3c([2H])c([2H])c([2H])c([2H])c3c3c([2H])c([2H])c([2H])c([2H])c32)c([2H])c2c1B1c3c(cc(C(C)(C)C)cc3N(c3c(-c4ccccc4)cc(C(C)(C)C)cc3-c3ccccc3)c3c([2H])c(-n4c5c([2H])c([2H])c([2H])c([2H])c5c5c([2H])c([2H])c([2H])c([2H])c54)c([2H])c(Oc4ccccc4)c31)N2c1c(-c2ccccc2)cc(C(C)(C)C)cc1-c1ccccc1. The van der Waals surface area contributed by atoms with E-state index in [1.807, 2.05) is 164 Å². The zero-order valence-corrected chi connectivity index (χ0v) is 57.7. The number of nitrogens with zero attached hydrogens (tertiary/aromatic N) is 4. The van der Waals surface area contributed by atoms with Gasteiger partial charge >= 0.3 is 0 Å². The fourth-order valence-electron chi connectivity index (χ4n) is 14.7. The van der Waals surface area contributed by atoms with Gasteiger partial charge in [-0.1, -0.05) is 280 Å². The summed E-state index contributed by atoms with van der Waals surface area (Å²) in [6.45, 7) is 17.1. The lowest BCUT2D eigenvalue weighted by molar-refractivity contribution is 0.486. The van der Waals surface area contributed by atoms with E-state index in [1.165, 1.54) is 0 Å². The Labute approximate surface area is 628 Å². The first kappa shape index (κ1) is 43.6. The Morgan fingerprint density at radius 1 is 0.324 bits per heavy atom. The molecule has 14 aromatic carbocycles. The molecule has 102 heavy (non-hydrogen) atoms. The molecule has 0 unspecified atom stereocenters. The van der Waals surface area contributed by atoms with Gasteiger partial charge in [-0.25, -0.2) is 0 Å². The average molecular weight is 1340 g/mol. The van der Waals surface area contributed by atoms with Crippen LogP contribution >= 0.6 is 0 Å². The number of aromatic nitrogens is 2. The third-order valence-electron chi connectivity index (χ3n) is 19.8. The van der Waals surface area contributed by atoms with Gasteiger partial charge in [-0.05, 0) is 162 Å². The van der Waals surface area contributed by atoms with Crippen LogP contribution in [0.2, 0.25) is 0 Å². The highest BCUT2D eigenvalue weighted by Crippen LogP contribution is 2.56. The second kappa shape index (κ2) is 23.9. The van der Waals surface area contributed by atoms with Crippen LogP contribution in [-0.4, -0.2) is 15.8 Å². The number of hydrogen-bond donors (Lipinski definition) is 0. The fraction of sp³-hybridized carbons (Fsp3) is 0.125. The molecule has 2 aliphatic rings. The molecular formula is C96H79BN4O. The summed E-state index contributed by atoms with van der Waals surface area (Å²) in [4.78, 5) is 3.88. The summed E-state index contributed by atoms with van der Waals surface area (Å²) >= 11 is 0.